The number of hydrogen-bond acceptors (Lipinski definition) is 5. The van der Waals surface area contributed by atoms with Crippen LogP contribution in [-0.4, -0.2) is 89.6 Å². The first-order chi connectivity index (χ1) is 10.6. The maximum Gasteiger partial charge on any atom is 0.240 e. The summed E-state index contributed by atoms with van der Waals surface area (Å²) in [6.45, 7) is 10.9. The Morgan fingerprint density at radius 2 is 1.77 bits per heavy atom. The third kappa shape index (κ3) is 3.78. The average molecular weight is 327 g/mol. The zero-order chi connectivity index (χ0) is 15.5. The predicted octanol–water partition coefficient (Wildman–Crippen LogP) is 0.666. The van der Waals surface area contributed by atoms with Crippen LogP contribution in [0.1, 0.15) is 26.7 Å². The van der Waals surface area contributed by atoms with E-state index in [1.165, 1.54) is 19.4 Å². The minimum atomic E-state index is 0.0582. The lowest BCUT2D eigenvalue weighted by Gasteiger charge is -2.37. The average Bonchev–Trinajstić information content (AvgIpc) is 3.17. The van der Waals surface area contributed by atoms with Crippen molar-refractivity contribution < 1.29 is 4.79 Å². The molecule has 0 bridgehead atoms. The van der Waals surface area contributed by atoms with Crippen molar-refractivity contribution in [3.63, 3.8) is 0 Å². The van der Waals surface area contributed by atoms with Crippen LogP contribution in [0.15, 0.2) is 0 Å². The molecule has 0 unspecified atom stereocenters. The first-order valence-electron chi connectivity index (χ1n) is 8.73. The largest absolute Gasteiger partial charge is 0.339 e. The van der Waals surface area contributed by atoms with Gasteiger partial charge in [-0.2, -0.15) is 0 Å². The topological polar surface area (TPSA) is 38.8 Å². The van der Waals surface area contributed by atoms with Crippen LogP contribution < -0.4 is 5.32 Å². The van der Waals surface area contributed by atoms with Crippen LogP contribution in [0.2, 0.25) is 0 Å². The molecule has 0 radical (unpaired) electrons. The van der Waals surface area contributed by atoms with Crippen molar-refractivity contribution in [1.29, 1.82) is 0 Å². The van der Waals surface area contributed by atoms with E-state index in [-0.39, 0.29) is 6.04 Å². The number of thioether (sulfide) groups is 1. The van der Waals surface area contributed by atoms with Gasteiger partial charge in [0.1, 0.15) is 0 Å². The number of amides is 1. The van der Waals surface area contributed by atoms with Crippen LogP contribution >= 0.6 is 11.8 Å². The van der Waals surface area contributed by atoms with Crippen molar-refractivity contribution in [2.45, 2.75) is 44.8 Å². The summed E-state index contributed by atoms with van der Waals surface area (Å²) in [4.78, 5) is 19.6. The molecule has 6 heteroatoms. The van der Waals surface area contributed by atoms with Gasteiger partial charge in [0, 0.05) is 63.0 Å². The second-order valence-corrected chi connectivity index (χ2v) is 7.98. The van der Waals surface area contributed by atoms with Gasteiger partial charge in [-0.1, -0.05) is 0 Å². The van der Waals surface area contributed by atoms with Crippen molar-refractivity contribution in [3.05, 3.63) is 0 Å². The highest BCUT2D eigenvalue weighted by atomic mass is 32.2. The quantitative estimate of drug-likeness (QED) is 0.822. The Balaban J connectivity index is 1.39. The summed E-state index contributed by atoms with van der Waals surface area (Å²) in [5, 5.41) is 3.29. The fourth-order valence-corrected chi connectivity index (χ4v) is 4.85. The molecule has 0 aliphatic carbocycles. The van der Waals surface area contributed by atoms with E-state index in [1.807, 2.05) is 11.8 Å². The molecule has 0 saturated carbocycles. The minimum absolute atomic E-state index is 0.0582. The molecule has 126 valence electrons. The normalized spacial score (nSPS) is 34.5. The van der Waals surface area contributed by atoms with Crippen molar-refractivity contribution in [3.8, 4) is 0 Å². The van der Waals surface area contributed by atoms with Crippen molar-refractivity contribution in [1.82, 2.24) is 20.0 Å². The van der Waals surface area contributed by atoms with Gasteiger partial charge in [-0.05, 0) is 26.7 Å². The maximum absolute atomic E-state index is 12.4. The van der Waals surface area contributed by atoms with Gasteiger partial charge < -0.3 is 4.90 Å². The lowest BCUT2D eigenvalue weighted by Crippen LogP contribution is -2.54. The van der Waals surface area contributed by atoms with Gasteiger partial charge in [0.05, 0.1) is 6.04 Å². The number of hydrogen-bond donors (Lipinski definition) is 1. The molecular weight excluding hydrogens is 296 g/mol. The molecule has 1 amide bonds. The minimum Gasteiger partial charge on any atom is -0.339 e. The summed E-state index contributed by atoms with van der Waals surface area (Å²) in [5.74, 6) is 2.17. The first kappa shape index (κ1) is 16.6. The van der Waals surface area contributed by atoms with Gasteiger partial charge >= 0.3 is 0 Å². The maximum atomic E-state index is 12.4. The van der Waals surface area contributed by atoms with E-state index in [9.17, 15) is 4.79 Å². The Kier molecular flexibility index (Phi) is 5.65. The van der Waals surface area contributed by atoms with E-state index in [1.54, 1.807) is 0 Å². The zero-order valence-corrected chi connectivity index (χ0v) is 14.8. The Bertz CT molecular complexity index is 370. The third-order valence-corrected chi connectivity index (χ3v) is 6.45. The van der Waals surface area contributed by atoms with E-state index < -0.39 is 0 Å². The summed E-state index contributed by atoms with van der Waals surface area (Å²) in [5.41, 5.74) is 0. The number of rotatable bonds is 4. The van der Waals surface area contributed by atoms with Gasteiger partial charge in [-0.15, -0.1) is 11.8 Å². The number of carbonyl (C=O) groups is 1. The van der Waals surface area contributed by atoms with Gasteiger partial charge in [0.2, 0.25) is 5.91 Å². The standard InChI is InChI=1S/C16H30N4OS/c1-13-3-4-14(2)20(13)10-7-18-5-8-19(9-6-18)16(21)15-11-22-12-17-15/h13-15,17H,3-12H2,1-2H3/t13-,14-,15+/m0/s1. The first-order valence-corrected chi connectivity index (χ1v) is 9.88. The Labute approximate surface area is 138 Å². The fraction of sp³-hybridized carbons (Fsp3) is 0.938. The molecule has 22 heavy (non-hydrogen) atoms. The lowest BCUT2D eigenvalue weighted by molar-refractivity contribution is -0.134. The highest BCUT2D eigenvalue weighted by Crippen LogP contribution is 2.23. The summed E-state index contributed by atoms with van der Waals surface area (Å²) >= 11 is 1.82. The van der Waals surface area contributed by atoms with Crippen molar-refractivity contribution in [2.24, 2.45) is 0 Å². The Hall–Kier alpha value is -0.300. The molecule has 0 aromatic rings. The Morgan fingerprint density at radius 3 is 2.36 bits per heavy atom. The smallest absolute Gasteiger partial charge is 0.240 e. The number of likely N-dealkylation sites (tertiary alicyclic amines) is 1. The van der Waals surface area contributed by atoms with Gasteiger partial charge in [-0.3, -0.25) is 19.9 Å². The molecule has 3 atom stereocenters. The summed E-state index contributed by atoms with van der Waals surface area (Å²) < 4.78 is 0. The molecule has 3 rings (SSSR count). The van der Waals surface area contributed by atoms with E-state index in [4.69, 9.17) is 0 Å². The molecule has 3 fully saturated rings. The van der Waals surface area contributed by atoms with E-state index in [0.717, 1.165) is 56.4 Å². The molecule has 3 aliphatic heterocycles. The summed E-state index contributed by atoms with van der Waals surface area (Å²) in [6.07, 6.45) is 2.69. The Morgan fingerprint density at radius 1 is 1.09 bits per heavy atom. The van der Waals surface area contributed by atoms with Gasteiger partial charge in [0.25, 0.3) is 0 Å². The summed E-state index contributed by atoms with van der Waals surface area (Å²) in [7, 11) is 0. The summed E-state index contributed by atoms with van der Waals surface area (Å²) in [6, 6.07) is 1.54. The second-order valence-electron chi connectivity index (χ2n) is 6.95. The van der Waals surface area contributed by atoms with E-state index in [2.05, 4.69) is 33.9 Å². The SMILES string of the molecule is C[C@H]1CC[C@H](C)N1CCN1CCN(C(=O)[C@H]2CSCN2)CC1. The molecule has 3 heterocycles. The molecule has 5 nitrogen and oxygen atoms in total. The van der Waals surface area contributed by atoms with Crippen LogP contribution in [0.25, 0.3) is 0 Å². The van der Waals surface area contributed by atoms with E-state index in [0.29, 0.717) is 5.91 Å². The number of piperazine rings is 1. The fourth-order valence-electron chi connectivity index (χ4n) is 3.91. The number of nitrogens with zero attached hydrogens (tertiary/aromatic N) is 3. The van der Waals surface area contributed by atoms with Crippen LogP contribution in [0.5, 0.6) is 0 Å². The van der Waals surface area contributed by atoms with Crippen molar-refractivity contribution in [2.75, 3.05) is 50.9 Å². The molecule has 1 N–H and O–H groups in total. The molecule has 3 aliphatic rings. The highest BCUT2D eigenvalue weighted by molar-refractivity contribution is 7.99. The van der Waals surface area contributed by atoms with Gasteiger partial charge in [-0.25, -0.2) is 0 Å². The second kappa shape index (κ2) is 7.51. The zero-order valence-electron chi connectivity index (χ0n) is 14.0. The molecular formula is C16H30N4OS. The molecule has 0 spiro atoms. The van der Waals surface area contributed by atoms with Crippen LogP contribution in [0.4, 0.5) is 0 Å². The number of nitrogens with one attached hydrogen (secondary N) is 1. The molecule has 3 saturated heterocycles. The third-order valence-electron chi connectivity index (χ3n) is 5.51. The monoisotopic (exact) mass is 326 g/mol. The molecule has 0 aromatic carbocycles. The van der Waals surface area contributed by atoms with Crippen LogP contribution in [-0.2, 0) is 4.79 Å². The van der Waals surface area contributed by atoms with Crippen LogP contribution in [0, 0.1) is 0 Å². The highest BCUT2D eigenvalue weighted by Gasteiger charge is 2.30. The number of carbonyl (C=O) groups excluding carboxylic acids is 1. The predicted molar refractivity (Wildman–Crippen MR) is 92.1 cm³/mol. The molecule has 0 aromatic heterocycles. The van der Waals surface area contributed by atoms with E-state index >= 15 is 0 Å². The van der Waals surface area contributed by atoms with Gasteiger partial charge in [0.15, 0.2) is 0 Å². The lowest BCUT2D eigenvalue weighted by atomic mass is 10.2. The van der Waals surface area contributed by atoms with Crippen molar-refractivity contribution >= 4 is 17.7 Å². The van der Waals surface area contributed by atoms with Crippen LogP contribution in [0.3, 0.4) is 0 Å².